The second-order valence-electron chi connectivity index (χ2n) is 4.01. The van der Waals surface area contributed by atoms with Gasteiger partial charge in [-0.1, -0.05) is 0 Å². The fraction of sp³-hybridized carbons (Fsp3) is 0.455. The Balaban J connectivity index is 2.15. The molecular formula is C11H16N4. The molecule has 2 heterocycles. The maximum atomic E-state index is 4.48. The Hall–Kier alpha value is -1.58. The zero-order valence-corrected chi connectivity index (χ0v) is 9.38. The van der Waals surface area contributed by atoms with Gasteiger partial charge in [-0.15, -0.1) is 0 Å². The van der Waals surface area contributed by atoms with E-state index >= 15 is 0 Å². The lowest BCUT2D eigenvalue weighted by molar-refractivity contribution is 0.520. The van der Waals surface area contributed by atoms with Gasteiger partial charge in [0.05, 0.1) is 12.2 Å². The van der Waals surface area contributed by atoms with E-state index in [1.165, 1.54) is 0 Å². The van der Waals surface area contributed by atoms with Crippen LogP contribution in [-0.4, -0.2) is 19.6 Å². The Labute approximate surface area is 89.5 Å². The summed E-state index contributed by atoms with van der Waals surface area (Å²) >= 11 is 0. The van der Waals surface area contributed by atoms with Gasteiger partial charge in [-0.05, 0) is 32.9 Å². The number of nitrogens with zero attached hydrogens (tertiary/aromatic N) is 4. The van der Waals surface area contributed by atoms with E-state index in [1.54, 1.807) is 0 Å². The first-order chi connectivity index (χ1) is 7.16. The van der Waals surface area contributed by atoms with Crippen molar-refractivity contribution in [2.45, 2.75) is 33.4 Å². The fourth-order valence-electron chi connectivity index (χ4n) is 1.47. The molecule has 0 saturated carbocycles. The van der Waals surface area contributed by atoms with Crippen molar-refractivity contribution in [2.24, 2.45) is 0 Å². The average molecular weight is 204 g/mol. The van der Waals surface area contributed by atoms with Gasteiger partial charge in [-0.3, -0.25) is 9.36 Å². The van der Waals surface area contributed by atoms with Crippen molar-refractivity contribution in [1.29, 1.82) is 0 Å². The Kier molecular flexibility index (Phi) is 2.58. The van der Waals surface area contributed by atoms with Crippen LogP contribution in [0.2, 0.25) is 0 Å². The third-order valence-electron chi connectivity index (χ3n) is 2.43. The lowest BCUT2D eigenvalue weighted by atomic mass is 10.4. The van der Waals surface area contributed by atoms with Crippen LogP contribution in [0, 0.1) is 6.92 Å². The maximum Gasteiger partial charge on any atom is 0.0852 e. The predicted octanol–water partition coefficient (Wildman–Crippen LogP) is 2.02. The van der Waals surface area contributed by atoms with Gasteiger partial charge in [0.15, 0.2) is 0 Å². The molecule has 0 unspecified atom stereocenters. The molecule has 0 N–H and O–H groups in total. The molecule has 15 heavy (non-hydrogen) atoms. The second kappa shape index (κ2) is 3.88. The summed E-state index contributed by atoms with van der Waals surface area (Å²) in [6.07, 6.45) is 3.83. The van der Waals surface area contributed by atoms with Crippen molar-refractivity contribution < 1.29 is 0 Å². The van der Waals surface area contributed by atoms with Crippen molar-refractivity contribution in [3.05, 3.63) is 35.9 Å². The first-order valence-electron chi connectivity index (χ1n) is 5.19. The molecule has 4 heteroatoms. The van der Waals surface area contributed by atoms with Crippen molar-refractivity contribution >= 4 is 0 Å². The maximum absolute atomic E-state index is 4.48. The molecule has 2 rings (SSSR count). The molecule has 80 valence electrons. The van der Waals surface area contributed by atoms with E-state index in [1.807, 2.05) is 40.8 Å². The Morgan fingerprint density at radius 3 is 2.67 bits per heavy atom. The summed E-state index contributed by atoms with van der Waals surface area (Å²) in [4.78, 5) is 0. The van der Waals surface area contributed by atoms with Gasteiger partial charge in [0.1, 0.15) is 0 Å². The third kappa shape index (κ3) is 2.09. The van der Waals surface area contributed by atoms with E-state index in [9.17, 15) is 0 Å². The summed E-state index contributed by atoms with van der Waals surface area (Å²) in [5.74, 6) is 0. The van der Waals surface area contributed by atoms with Crippen LogP contribution in [-0.2, 0) is 6.54 Å². The molecule has 0 spiro atoms. The standard InChI is InChI=1S/C11H16N4/c1-9(2)14-7-5-11(13-14)8-15-10(3)4-6-12-15/h4-7,9H,8H2,1-3H3. The summed E-state index contributed by atoms with van der Waals surface area (Å²) in [6, 6.07) is 4.46. The molecule has 0 atom stereocenters. The van der Waals surface area contributed by atoms with Gasteiger partial charge in [-0.25, -0.2) is 0 Å². The first kappa shape index (κ1) is 9.96. The largest absolute Gasteiger partial charge is 0.270 e. The second-order valence-corrected chi connectivity index (χ2v) is 4.01. The van der Waals surface area contributed by atoms with Crippen molar-refractivity contribution in [1.82, 2.24) is 19.6 Å². The quantitative estimate of drug-likeness (QED) is 0.766. The summed E-state index contributed by atoms with van der Waals surface area (Å²) in [5, 5.41) is 8.71. The van der Waals surface area contributed by atoms with Crippen LogP contribution in [0.25, 0.3) is 0 Å². The lowest BCUT2D eigenvalue weighted by Crippen LogP contribution is -2.06. The monoisotopic (exact) mass is 204 g/mol. The lowest BCUT2D eigenvalue weighted by Gasteiger charge is -2.04. The Morgan fingerprint density at radius 1 is 1.33 bits per heavy atom. The van der Waals surface area contributed by atoms with Crippen LogP contribution in [0.4, 0.5) is 0 Å². The SMILES string of the molecule is Cc1ccnn1Cc1ccn(C(C)C)n1. The molecule has 0 bridgehead atoms. The average Bonchev–Trinajstić information content (AvgIpc) is 2.77. The molecule has 0 radical (unpaired) electrons. The minimum atomic E-state index is 0.414. The molecule has 0 amide bonds. The molecule has 0 aliphatic carbocycles. The van der Waals surface area contributed by atoms with Gasteiger partial charge >= 0.3 is 0 Å². The van der Waals surface area contributed by atoms with Crippen LogP contribution in [0.5, 0.6) is 0 Å². The molecule has 0 fully saturated rings. The summed E-state index contributed by atoms with van der Waals surface area (Å²) < 4.78 is 3.92. The van der Waals surface area contributed by atoms with E-state index in [0.717, 1.165) is 17.9 Å². The van der Waals surface area contributed by atoms with Crippen LogP contribution in [0.1, 0.15) is 31.3 Å². The number of aryl methyl sites for hydroxylation is 1. The van der Waals surface area contributed by atoms with Gasteiger partial charge in [0.25, 0.3) is 0 Å². The normalized spacial score (nSPS) is 11.2. The predicted molar refractivity (Wildman–Crippen MR) is 58.7 cm³/mol. The van der Waals surface area contributed by atoms with Gasteiger partial charge in [0, 0.05) is 24.1 Å². The molecule has 2 aromatic rings. The van der Waals surface area contributed by atoms with E-state index in [4.69, 9.17) is 0 Å². The highest BCUT2D eigenvalue weighted by atomic mass is 15.3. The summed E-state index contributed by atoms with van der Waals surface area (Å²) in [7, 11) is 0. The highest BCUT2D eigenvalue weighted by molar-refractivity contribution is 5.04. The zero-order chi connectivity index (χ0) is 10.8. The van der Waals surface area contributed by atoms with E-state index in [2.05, 4.69) is 24.0 Å². The molecule has 0 aromatic carbocycles. The van der Waals surface area contributed by atoms with Crippen LogP contribution in [0.15, 0.2) is 24.5 Å². The van der Waals surface area contributed by atoms with Gasteiger partial charge in [-0.2, -0.15) is 10.2 Å². The highest BCUT2D eigenvalue weighted by Gasteiger charge is 2.04. The Bertz CT molecular complexity index is 439. The van der Waals surface area contributed by atoms with E-state index < -0.39 is 0 Å². The number of rotatable bonds is 3. The molecule has 0 aliphatic heterocycles. The van der Waals surface area contributed by atoms with Crippen LogP contribution in [0.3, 0.4) is 0 Å². The van der Waals surface area contributed by atoms with E-state index in [-0.39, 0.29) is 0 Å². The summed E-state index contributed by atoms with van der Waals surface area (Å²) in [6.45, 7) is 7.04. The minimum Gasteiger partial charge on any atom is -0.270 e. The molecular weight excluding hydrogens is 188 g/mol. The van der Waals surface area contributed by atoms with Gasteiger partial charge < -0.3 is 0 Å². The minimum absolute atomic E-state index is 0.414. The van der Waals surface area contributed by atoms with Crippen molar-refractivity contribution in [3.8, 4) is 0 Å². The van der Waals surface area contributed by atoms with E-state index in [0.29, 0.717) is 6.04 Å². The molecule has 0 saturated heterocycles. The van der Waals surface area contributed by atoms with Crippen molar-refractivity contribution in [3.63, 3.8) is 0 Å². The fourth-order valence-corrected chi connectivity index (χ4v) is 1.47. The molecule has 4 nitrogen and oxygen atoms in total. The molecule has 2 aromatic heterocycles. The smallest absolute Gasteiger partial charge is 0.0852 e. The molecule has 0 aliphatic rings. The number of hydrogen-bond donors (Lipinski definition) is 0. The zero-order valence-electron chi connectivity index (χ0n) is 9.38. The van der Waals surface area contributed by atoms with Crippen LogP contribution >= 0.6 is 0 Å². The summed E-state index contributed by atoms with van der Waals surface area (Å²) in [5.41, 5.74) is 2.21. The Morgan fingerprint density at radius 2 is 2.13 bits per heavy atom. The van der Waals surface area contributed by atoms with Crippen LogP contribution < -0.4 is 0 Å². The van der Waals surface area contributed by atoms with Crippen molar-refractivity contribution in [2.75, 3.05) is 0 Å². The third-order valence-corrected chi connectivity index (χ3v) is 2.43. The topological polar surface area (TPSA) is 35.6 Å². The first-order valence-corrected chi connectivity index (χ1v) is 5.19. The highest BCUT2D eigenvalue weighted by Crippen LogP contribution is 2.06. The number of hydrogen-bond acceptors (Lipinski definition) is 2. The number of aromatic nitrogens is 4. The van der Waals surface area contributed by atoms with Gasteiger partial charge in [0.2, 0.25) is 0 Å².